The molecule has 2 rings (SSSR count). The number of aromatic nitrogens is 4. The summed E-state index contributed by atoms with van der Waals surface area (Å²) in [6, 6.07) is 1.48. The lowest BCUT2D eigenvalue weighted by Gasteiger charge is -2.09. The van der Waals surface area contributed by atoms with Crippen LogP contribution in [0.1, 0.15) is 16.2 Å². The molecule has 0 atom stereocenters. The van der Waals surface area contributed by atoms with Crippen LogP contribution in [0.15, 0.2) is 18.6 Å². The topological polar surface area (TPSA) is 125 Å². The van der Waals surface area contributed by atoms with Crippen LogP contribution in [0.5, 0.6) is 0 Å². The van der Waals surface area contributed by atoms with Gasteiger partial charge < -0.3 is 21.4 Å². The molecule has 0 aliphatic rings. The number of rotatable bonds is 4. The maximum absolute atomic E-state index is 11.3. The quantitative estimate of drug-likeness (QED) is 0.669. The fraction of sp³-hybridized carbons (Fsp3) is 0.200. The molecule has 94 valence electrons. The highest BCUT2D eigenvalue weighted by atomic mass is 16.1. The van der Waals surface area contributed by atoms with Crippen LogP contribution in [-0.4, -0.2) is 25.7 Å². The third-order valence-corrected chi connectivity index (χ3v) is 2.39. The minimum Gasteiger partial charge on any atom is -0.397 e. The molecule has 0 fully saturated rings. The first kappa shape index (κ1) is 11.8. The third-order valence-electron chi connectivity index (χ3n) is 2.39. The van der Waals surface area contributed by atoms with Crippen LogP contribution in [0.25, 0.3) is 0 Å². The Bertz CT molecular complexity index is 577. The van der Waals surface area contributed by atoms with Gasteiger partial charge in [0.25, 0.3) is 5.91 Å². The van der Waals surface area contributed by atoms with Crippen molar-refractivity contribution in [2.45, 2.75) is 6.54 Å². The van der Waals surface area contributed by atoms with Gasteiger partial charge in [-0.25, -0.2) is 4.98 Å². The molecule has 8 nitrogen and oxygen atoms in total. The van der Waals surface area contributed by atoms with Gasteiger partial charge in [0.05, 0.1) is 24.0 Å². The zero-order valence-electron chi connectivity index (χ0n) is 9.79. The summed E-state index contributed by atoms with van der Waals surface area (Å²) >= 11 is 0. The van der Waals surface area contributed by atoms with E-state index in [0.717, 1.165) is 0 Å². The summed E-state index contributed by atoms with van der Waals surface area (Å²) in [6.45, 7) is 0.383. The van der Waals surface area contributed by atoms with Crippen LogP contribution in [0.3, 0.4) is 0 Å². The number of pyridine rings is 1. The summed E-state index contributed by atoms with van der Waals surface area (Å²) in [5, 5.41) is 10.6. The third kappa shape index (κ3) is 2.37. The second-order valence-electron chi connectivity index (χ2n) is 3.74. The molecule has 0 bridgehead atoms. The first-order chi connectivity index (χ1) is 8.58. The lowest BCUT2D eigenvalue weighted by atomic mass is 10.2. The number of nitrogens with zero attached hydrogens (tertiary/aromatic N) is 4. The molecule has 0 aliphatic heterocycles. The van der Waals surface area contributed by atoms with Gasteiger partial charge in [-0.3, -0.25) is 4.79 Å². The van der Waals surface area contributed by atoms with E-state index in [4.69, 9.17) is 11.5 Å². The monoisotopic (exact) mass is 247 g/mol. The maximum Gasteiger partial charge on any atom is 0.252 e. The van der Waals surface area contributed by atoms with E-state index in [1.165, 1.54) is 12.3 Å². The molecule has 0 spiro atoms. The molecule has 0 unspecified atom stereocenters. The van der Waals surface area contributed by atoms with Gasteiger partial charge in [-0.1, -0.05) is 0 Å². The first-order valence-corrected chi connectivity index (χ1v) is 5.20. The van der Waals surface area contributed by atoms with E-state index >= 15 is 0 Å². The molecule has 8 heteroatoms. The summed E-state index contributed by atoms with van der Waals surface area (Å²) < 4.78 is 1.76. The standard InChI is InChI=1S/C10H13N7O/c1-17-5-15-16-8(17)4-14-10-7(9(12)18)2-6(11)3-13-10/h2-3,5H,4,11H2,1H3,(H2,12,18)(H,13,14). The first-order valence-electron chi connectivity index (χ1n) is 5.20. The van der Waals surface area contributed by atoms with Crippen molar-refractivity contribution >= 4 is 17.4 Å². The van der Waals surface area contributed by atoms with Crippen molar-refractivity contribution in [2.24, 2.45) is 12.8 Å². The number of carbonyl (C=O) groups is 1. The number of nitrogen functional groups attached to an aromatic ring is 1. The van der Waals surface area contributed by atoms with Gasteiger partial charge in [-0.15, -0.1) is 10.2 Å². The Hall–Kier alpha value is -2.64. The van der Waals surface area contributed by atoms with Crippen molar-refractivity contribution in [3.05, 3.63) is 30.0 Å². The van der Waals surface area contributed by atoms with Crippen LogP contribution >= 0.6 is 0 Å². The second kappa shape index (κ2) is 4.70. The summed E-state index contributed by atoms with van der Waals surface area (Å²) in [5.74, 6) is 0.499. The second-order valence-corrected chi connectivity index (χ2v) is 3.74. The Kier molecular flexibility index (Phi) is 3.09. The van der Waals surface area contributed by atoms with Crippen LogP contribution in [0, 0.1) is 0 Å². The number of carbonyl (C=O) groups excluding carboxylic acids is 1. The van der Waals surface area contributed by atoms with Gasteiger partial charge in [0.15, 0.2) is 5.82 Å². The highest BCUT2D eigenvalue weighted by molar-refractivity contribution is 5.98. The Balaban J connectivity index is 2.19. The molecule has 5 N–H and O–H groups in total. The molecule has 0 radical (unpaired) electrons. The van der Waals surface area contributed by atoms with Crippen LogP contribution in [0.4, 0.5) is 11.5 Å². The fourth-order valence-electron chi connectivity index (χ4n) is 1.44. The Morgan fingerprint density at radius 3 is 2.94 bits per heavy atom. The number of aryl methyl sites for hydroxylation is 1. The summed E-state index contributed by atoms with van der Waals surface area (Å²) in [6.07, 6.45) is 3.04. The van der Waals surface area contributed by atoms with Crippen LogP contribution in [0.2, 0.25) is 0 Å². The molecule has 0 aliphatic carbocycles. The van der Waals surface area contributed by atoms with Crippen molar-refractivity contribution in [3.8, 4) is 0 Å². The van der Waals surface area contributed by atoms with Gasteiger partial charge in [-0.2, -0.15) is 0 Å². The molecule has 18 heavy (non-hydrogen) atoms. The molecule has 1 amide bonds. The van der Waals surface area contributed by atoms with Gasteiger partial charge in [0, 0.05) is 7.05 Å². The van der Waals surface area contributed by atoms with E-state index < -0.39 is 5.91 Å². The minimum absolute atomic E-state index is 0.247. The van der Waals surface area contributed by atoms with E-state index in [2.05, 4.69) is 20.5 Å². The summed E-state index contributed by atoms with van der Waals surface area (Å²) in [7, 11) is 1.82. The zero-order chi connectivity index (χ0) is 13.1. The minimum atomic E-state index is -0.588. The van der Waals surface area contributed by atoms with E-state index in [1.807, 2.05) is 7.05 Å². The lowest BCUT2D eigenvalue weighted by Crippen LogP contribution is -2.16. The van der Waals surface area contributed by atoms with Gasteiger partial charge >= 0.3 is 0 Å². The van der Waals surface area contributed by atoms with E-state index in [-0.39, 0.29) is 5.56 Å². The van der Waals surface area contributed by atoms with Crippen molar-refractivity contribution < 1.29 is 4.79 Å². The molecule has 2 heterocycles. The fourth-order valence-corrected chi connectivity index (χ4v) is 1.44. The number of hydrogen-bond acceptors (Lipinski definition) is 6. The van der Waals surface area contributed by atoms with Gasteiger partial charge in [0.1, 0.15) is 12.1 Å². The molecular formula is C10H13N7O. The number of hydrogen-bond donors (Lipinski definition) is 3. The smallest absolute Gasteiger partial charge is 0.252 e. The molecular weight excluding hydrogens is 234 g/mol. The normalized spacial score (nSPS) is 10.3. The highest BCUT2D eigenvalue weighted by Crippen LogP contribution is 2.15. The van der Waals surface area contributed by atoms with E-state index in [9.17, 15) is 4.79 Å². The lowest BCUT2D eigenvalue weighted by molar-refractivity contribution is 0.100. The Labute approximate surface area is 103 Å². The predicted molar refractivity (Wildman–Crippen MR) is 65.5 cm³/mol. The number of anilines is 2. The van der Waals surface area contributed by atoms with E-state index in [1.54, 1.807) is 10.9 Å². The largest absolute Gasteiger partial charge is 0.397 e. The maximum atomic E-state index is 11.3. The van der Waals surface area contributed by atoms with Crippen LogP contribution in [-0.2, 0) is 13.6 Å². The number of amides is 1. The Morgan fingerprint density at radius 1 is 1.56 bits per heavy atom. The van der Waals surface area contributed by atoms with Crippen molar-refractivity contribution in [3.63, 3.8) is 0 Å². The average Bonchev–Trinajstić information content (AvgIpc) is 2.73. The highest BCUT2D eigenvalue weighted by Gasteiger charge is 2.11. The Morgan fingerprint density at radius 2 is 2.33 bits per heavy atom. The average molecular weight is 247 g/mol. The molecule has 0 saturated carbocycles. The molecule has 0 aromatic carbocycles. The van der Waals surface area contributed by atoms with Gasteiger partial charge in [-0.05, 0) is 6.07 Å². The van der Waals surface area contributed by atoms with Gasteiger partial charge in [0.2, 0.25) is 0 Å². The van der Waals surface area contributed by atoms with Crippen LogP contribution < -0.4 is 16.8 Å². The molecule has 0 saturated heterocycles. The summed E-state index contributed by atoms with van der Waals surface area (Å²) in [5.41, 5.74) is 11.4. The van der Waals surface area contributed by atoms with Crippen molar-refractivity contribution in [1.29, 1.82) is 0 Å². The number of nitrogens with two attached hydrogens (primary N) is 2. The zero-order valence-corrected chi connectivity index (χ0v) is 9.79. The molecule has 2 aromatic rings. The van der Waals surface area contributed by atoms with E-state index in [0.29, 0.717) is 23.9 Å². The van der Waals surface area contributed by atoms with Crippen molar-refractivity contribution in [1.82, 2.24) is 19.7 Å². The SMILES string of the molecule is Cn1cnnc1CNc1ncc(N)cc1C(N)=O. The predicted octanol–water partition coefficient (Wildman–Crippen LogP) is -0.497. The number of nitrogens with one attached hydrogen (secondary N) is 1. The number of primary amides is 1. The summed E-state index contributed by atoms with van der Waals surface area (Å²) in [4.78, 5) is 15.3. The van der Waals surface area contributed by atoms with Crippen molar-refractivity contribution in [2.75, 3.05) is 11.1 Å². The molecule has 2 aromatic heterocycles.